The quantitative estimate of drug-likeness (QED) is 0.361. The highest BCUT2D eigenvalue weighted by molar-refractivity contribution is 6.12. The maximum absolute atomic E-state index is 3.72. The Balaban J connectivity index is 1.41. The van der Waals surface area contributed by atoms with Crippen molar-refractivity contribution in [1.29, 1.82) is 0 Å². The number of fused-ring (bicyclic) bond motifs is 6. The van der Waals surface area contributed by atoms with Crippen LogP contribution in [-0.4, -0.2) is 4.57 Å². The van der Waals surface area contributed by atoms with E-state index in [2.05, 4.69) is 106 Å². The zero-order chi connectivity index (χ0) is 18.9. The van der Waals surface area contributed by atoms with Crippen LogP contribution in [0.2, 0.25) is 0 Å². The summed E-state index contributed by atoms with van der Waals surface area (Å²) in [6.45, 7) is 0. The van der Waals surface area contributed by atoms with Crippen LogP contribution in [0.3, 0.4) is 0 Å². The Labute approximate surface area is 168 Å². The molecule has 2 aliphatic heterocycles. The summed E-state index contributed by atoms with van der Waals surface area (Å²) in [5.74, 6) is 0. The van der Waals surface area contributed by atoms with Crippen LogP contribution < -0.4 is 10.6 Å². The highest BCUT2D eigenvalue weighted by Crippen LogP contribution is 2.53. The molecular weight excluding hydrogens is 354 g/mol. The SMILES string of the molecule is c1ccc(-c2ccccc2Nc2cc3c4c(c2)c2ccccc2n4[C@@H]2NC32)cc1. The fourth-order valence-corrected chi connectivity index (χ4v) is 4.99. The summed E-state index contributed by atoms with van der Waals surface area (Å²) >= 11 is 0. The number of nitrogens with one attached hydrogen (secondary N) is 2. The van der Waals surface area contributed by atoms with E-state index in [4.69, 9.17) is 0 Å². The average Bonchev–Trinajstić information content (AvgIpc) is 3.41. The summed E-state index contributed by atoms with van der Waals surface area (Å²) in [5, 5.41) is 10.0. The van der Waals surface area contributed by atoms with Crippen molar-refractivity contribution >= 4 is 33.2 Å². The molecule has 7 rings (SSSR count). The summed E-state index contributed by atoms with van der Waals surface area (Å²) < 4.78 is 2.48. The van der Waals surface area contributed by atoms with Gasteiger partial charge in [-0.15, -0.1) is 0 Å². The van der Waals surface area contributed by atoms with Gasteiger partial charge in [0, 0.05) is 27.7 Å². The van der Waals surface area contributed by atoms with Gasteiger partial charge >= 0.3 is 0 Å². The van der Waals surface area contributed by atoms with E-state index >= 15 is 0 Å². The van der Waals surface area contributed by atoms with Crippen LogP contribution in [0.4, 0.5) is 11.4 Å². The van der Waals surface area contributed by atoms with Gasteiger partial charge < -0.3 is 9.88 Å². The molecule has 4 aromatic carbocycles. The molecule has 29 heavy (non-hydrogen) atoms. The lowest BCUT2D eigenvalue weighted by Crippen LogP contribution is -1.98. The van der Waals surface area contributed by atoms with Crippen molar-refractivity contribution in [3.8, 4) is 11.1 Å². The minimum atomic E-state index is 0.416. The molecule has 0 bridgehead atoms. The second-order valence-electron chi connectivity index (χ2n) is 7.97. The van der Waals surface area contributed by atoms with Crippen molar-refractivity contribution in [1.82, 2.24) is 9.88 Å². The molecule has 2 atom stereocenters. The molecule has 2 N–H and O–H groups in total. The van der Waals surface area contributed by atoms with Crippen LogP contribution in [0.1, 0.15) is 17.8 Å². The van der Waals surface area contributed by atoms with Crippen molar-refractivity contribution < 1.29 is 0 Å². The third-order valence-corrected chi connectivity index (χ3v) is 6.30. The molecule has 1 saturated heterocycles. The minimum absolute atomic E-state index is 0.416. The Morgan fingerprint density at radius 3 is 2.48 bits per heavy atom. The minimum Gasteiger partial charge on any atom is -0.355 e. The second kappa shape index (κ2) is 5.49. The van der Waals surface area contributed by atoms with Crippen molar-refractivity contribution in [2.75, 3.05) is 5.32 Å². The largest absolute Gasteiger partial charge is 0.355 e. The van der Waals surface area contributed by atoms with Crippen LogP contribution in [0.25, 0.3) is 32.9 Å². The van der Waals surface area contributed by atoms with Crippen LogP contribution in [-0.2, 0) is 0 Å². The summed E-state index contributed by atoms with van der Waals surface area (Å²) in [6.07, 6.45) is 0.416. The lowest BCUT2D eigenvalue weighted by atomic mass is 10.0. The smallest absolute Gasteiger partial charge is 0.105 e. The molecule has 3 heteroatoms. The molecule has 3 heterocycles. The standard InChI is InChI=1S/C26H19N3/c1-2-8-16(9-3-1)18-10-4-6-12-22(18)27-17-14-20-19-11-5-7-13-23(19)29-25(20)21(15-17)24-26(29)28-24/h1-15,24,26-28H/t24?,26-/m0/s1. The van der Waals surface area contributed by atoms with Crippen LogP contribution in [0.5, 0.6) is 0 Å². The number of aromatic nitrogens is 1. The van der Waals surface area contributed by atoms with Gasteiger partial charge in [-0.2, -0.15) is 0 Å². The second-order valence-corrected chi connectivity index (χ2v) is 7.97. The normalized spacial score (nSPS) is 18.9. The fourth-order valence-electron chi connectivity index (χ4n) is 4.99. The van der Waals surface area contributed by atoms with Crippen molar-refractivity contribution in [2.24, 2.45) is 0 Å². The highest BCUT2D eigenvalue weighted by atomic mass is 15.4. The van der Waals surface area contributed by atoms with E-state index in [9.17, 15) is 0 Å². The molecule has 0 radical (unpaired) electrons. The third-order valence-electron chi connectivity index (χ3n) is 6.30. The van der Waals surface area contributed by atoms with Crippen molar-refractivity contribution in [3.05, 3.63) is 96.6 Å². The molecule has 2 aliphatic rings. The molecule has 3 nitrogen and oxygen atoms in total. The fraction of sp³-hybridized carbons (Fsp3) is 0.0769. The molecule has 1 fully saturated rings. The molecule has 0 spiro atoms. The predicted molar refractivity (Wildman–Crippen MR) is 120 cm³/mol. The zero-order valence-corrected chi connectivity index (χ0v) is 15.8. The van der Waals surface area contributed by atoms with Gasteiger partial charge in [0.25, 0.3) is 0 Å². The van der Waals surface area contributed by atoms with E-state index < -0.39 is 0 Å². The van der Waals surface area contributed by atoms with Gasteiger partial charge in [-0.1, -0.05) is 66.7 Å². The van der Waals surface area contributed by atoms with E-state index in [0.29, 0.717) is 12.2 Å². The summed E-state index contributed by atoms with van der Waals surface area (Å²) in [7, 11) is 0. The van der Waals surface area contributed by atoms with E-state index in [-0.39, 0.29) is 0 Å². The number of anilines is 2. The maximum Gasteiger partial charge on any atom is 0.105 e. The summed E-state index contributed by atoms with van der Waals surface area (Å²) in [6, 6.07) is 32.9. The Bertz CT molecular complexity index is 1410. The predicted octanol–water partition coefficient (Wildman–Crippen LogP) is 6.36. The first-order valence-corrected chi connectivity index (χ1v) is 10.1. The van der Waals surface area contributed by atoms with Gasteiger partial charge in [-0.3, -0.25) is 5.32 Å². The highest BCUT2D eigenvalue weighted by Gasteiger charge is 2.47. The molecule has 1 unspecified atom stereocenters. The number of nitrogens with zero attached hydrogens (tertiary/aromatic N) is 1. The van der Waals surface area contributed by atoms with E-state index in [0.717, 1.165) is 11.4 Å². The third kappa shape index (κ3) is 2.11. The van der Waals surface area contributed by atoms with Crippen molar-refractivity contribution in [3.63, 3.8) is 0 Å². The molecule has 0 aliphatic carbocycles. The van der Waals surface area contributed by atoms with Crippen LogP contribution >= 0.6 is 0 Å². The summed E-state index contributed by atoms with van der Waals surface area (Å²) in [4.78, 5) is 0. The number of benzene rings is 4. The van der Waals surface area contributed by atoms with E-state index in [1.54, 1.807) is 0 Å². The van der Waals surface area contributed by atoms with Gasteiger partial charge in [-0.25, -0.2) is 0 Å². The molecule has 1 aromatic heterocycles. The van der Waals surface area contributed by atoms with Crippen LogP contribution in [0.15, 0.2) is 91.0 Å². The first kappa shape index (κ1) is 15.4. The first-order chi connectivity index (χ1) is 14.4. The maximum atomic E-state index is 3.72. The Morgan fingerprint density at radius 1 is 0.759 bits per heavy atom. The number of para-hydroxylation sites is 2. The zero-order valence-electron chi connectivity index (χ0n) is 15.8. The molecule has 138 valence electrons. The number of hydrogen-bond acceptors (Lipinski definition) is 2. The van der Waals surface area contributed by atoms with E-state index in [1.807, 2.05) is 0 Å². The monoisotopic (exact) mass is 373 g/mol. The molecule has 0 saturated carbocycles. The molecular formula is C26H19N3. The molecule has 0 amide bonds. The topological polar surface area (TPSA) is 38.9 Å². The number of hydrogen-bond donors (Lipinski definition) is 2. The van der Waals surface area contributed by atoms with Gasteiger partial charge in [0.2, 0.25) is 0 Å². The first-order valence-electron chi connectivity index (χ1n) is 10.1. The Hall–Kier alpha value is -3.56. The lowest BCUT2D eigenvalue weighted by Gasteiger charge is -2.14. The lowest BCUT2D eigenvalue weighted by molar-refractivity contribution is 0.788. The Kier molecular flexibility index (Phi) is 2.91. The van der Waals surface area contributed by atoms with E-state index in [1.165, 1.54) is 38.5 Å². The number of rotatable bonds is 3. The average molecular weight is 373 g/mol. The van der Waals surface area contributed by atoms with Crippen LogP contribution in [0, 0.1) is 0 Å². The molecule has 5 aromatic rings. The van der Waals surface area contributed by atoms with Gasteiger partial charge in [0.05, 0.1) is 17.1 Å². The Morgan fingerprint density at radius 2 is 1.55 bits per heavy atom. The van der Waals surface area contributed by atoms with Gasteiger partial charge in [0.15, 0.2) is 0 Å². The van der Waals surface area contributed by atoms with Crippen molar-refractivity contribution in [2.45, 2.75) is 12.2 Å². The van der Waals surface area contributed by atoms with Gasteiger partial charge in [0.1, 0.15) is 6.17 Å². The van der Waals surface area contributed by atoms with Gasteiger partial charge in [-0.05, 0) is 35.4 Å². The summed E-state index contributed by atoms with van der Waals surface area (Å²) in [5.41, 5.74) is 8.84.